The molecule has 1 unspecified atom stereocenters. The van der Waals surface area contributed by atoms with E-state index in [9.17, 15) is 9.18 Å². The second kappa shape index (κ2) is 6.92. The fourth-order valence-corrected chi connectivity index (χ4v) is 2.07. The van der Waals surface area contributed by atoms with Crippen LogP contribution in [0.25, 0.3) is 0 Å². The molecule has 0 bridgehead atoms. The average Bonchev–Trinajstić information content (AvgIpc) is 2.35. The van der Waals surface area contributed by atoms with Crippen LogP contribution in [0.15, 0.2) is 18.2 Å². The standard InChI is InChI=1S/C12H14ClFN2O.ClH/c13-10-6-9(3-4-11(10)14)16-12(17)8-2-1-5-15-7-8;/h3-4,6,8,15H,1-2,5,7H2,(H,16,17);1H. The topological polar surface area (TPSA) is 41.1 Å². The zero-order chi connectivity index (χ0) is 12.3. The van der Waals surface area contributed by atoms with E-state index in [1.54, 1.807) is 0 Å². The lowest BCUT2D eigenvalue weighted by Gasteiger charge is -2.21. The third kappa shape index (κ3) is 3.83. The van der Waals surface area contributed by atoms with Gasteiger partial charge >= 0.3 is 0 Å². The molecule has 100 valence electrons. The minimum Gasteiger partial charge on any atom is -0.326 e. The lowest BCUT2D eigenvalue weighted by Crippen LogP contribution is -2.37. The Bertz CT molecular complexity index is 423. The number of carbonyl (C=O) groups excluding carboxylic acids is 1. The lowest BCUT2D eigenvalue weighted by atomic mass is 9.99. The second-order valence-corrected chi connectivity index (χ2v) is 4.57. The molecule has 2 rings (SSSR count). The quantitative estimate of drug-likeness (QED) is 0.880. The first kappa shape index (κ1) is 15.2. The molecule has 3 nitrogen and oxygen atoms in total. The van der Waals surface area contributed by atoms with Crippen LogP contribution in [0.4, 0.5) is 10.1 Å². The van der Waals surface area contributed by atoms with E-state index in [-0.39, 0.29) is 29.3 Å². The summed E-state index contributed by atoms with van der Waals surface area (Å²) >= 11 is 5.64. The largest absolute Gasteiger partial charge is 0.326 e. The zero-order valence-electron chi connectivity index (χ0n) is 9.71. The van der Waals surface area contributed by atoms with Gasteiger partial charge in [-0.15, -0.1) is 12.4 Å². The van der Waals surface area contributed by atoms with E-state index < -0.39 is 5.82 Å². The predicted octanol–water partition coefficient (Wildman–Crippen LogP) is 2.84. The third-order valence-corrected chi connectivity index (χ3v) is 3.14. The fraction of sp³-hybridized carbons (Fsp3) is 0.417. The average molecular weight is 293 g/mol. The van der Waals surface area contributed by atoms with Crippen LogP contribution >= 0.6 is 24.0 Å². The summed E-state index contributed by atoms with van der Waals surface area (Å²) in [6.45, 7) is 1.66. The van der Waals surface area contributed by atoms with Crippen molar-refractivity contribution in [1.29, 1.82) is 0 Å². The number of rotatable bonds is 2. The summed E-state index contributed by atoms with van der Waals surface area (Å²) in [6, 6.07) is 4.18. The van der Waals surface area contributed by atoms with Gasteiger partial charge in [-0.25, -0.2) is 4.39 Å². The number of carbonyl (C=O) groups is 1. The Hall–Kier alpha value is -0.840. The van der Waals surface area contributed by atoms with Crippen molar-refractivity contribution in [3.05, 3.63) is 29.0 Å². The smallest absolute Gasteiger partial charge is 0.228 e. The molecule has 0 spiro atoms. The van der Waals surface area contributed by atoms with Crippen LogP contribution in [0.3, 0.4) is 0 Å². The van der Waals surface area contributed by atoms with Crippen LogP contribution in [-0.4, -0.2) is 19.0 Å². The highest BCUT2D eigenvalue weighted by atomic mass is 35.5. The van der Waals surface area contributed by atoms with Gasteiger partial charge in [0.05, 0.1) is 10.9 Å². The third-order valence-electron chi connectivity index (χ3n) is 2.85. The Morgan fingerprint density at radius 3 is 2.89 bits per heavy atom. The number of halogens is 3. The Labute approximate surface area is 116 Å². The van der Waals surface area contributed by atoms with Crippen molar-refractivity contribution in [2.24, 2.45) is 5.92 Å². The molecule has 0 radical (unpaired) electrons. The van der Waals surface area contributed by atoms with Crippen molar-refractivity contribution in [2.45, 2.75) is 12.8 Å². The van der Waals surface area contributed by atoms with Gasteiger partial charge in [0.15, 0.2) is 0 Å². The summed E-state index contributed by atoms with van der Waals surface area (Å²) in [7, 11) is 0. The molecular weight excluding hydrogens is 278 g/mol. The first-order valence-corrected chi connectivity index (χ1v) is 6.01. The molecule has 6 heteroatoms. The first-order valence-electron chi connectivity index (χ1n) is 5.63. The van der Waals surface area contributed by atoms with E-state index >= 15 is 0 Å². The highest BCUT2D eigenvalue weighted by molar-refractivity contribution is 6.31. The Kier molecular flexibility index (Phi) is 5.85. The second-order valence-electron chi connectivity index (χ2n) is 4.16. The zero-order valence-corrected chi connectivity index (χ0v) is 11.3. The Morgan fingerprint density at radius 2 is 2.28 bits per heavy atom. The summed E-state index contributed by atoms with van der Waals surface area (Å²) < 4.78 is 12.9. The van der Waals surface area contributed by atoms with Crippen molar-refractivity contribution < 1.29 is 9.18 Å². The molecule has 1 fully saturated rings. The summed E-state index contributed by atoms with van der Waals surface area (Å²) in [4.78, 5) is 11.9. The highest BCUT2D eigenvalue weighted by Gasteiger charge is 2.20. The number of anilines is 1. The van der Waals surface area contributed by atoms with E-state index in [1.807, 2.05) is 0 Å². The van der Waals surface area contributed by atoms with Gasteiger partial charge in [0.25, 0.3) is 0 Å². The van der Waals surface area contributed by atoms with Crippen LogP contribution in [0.2, 0.25) is 5.02 Å². The van der Waals surface area contributed by atoms with Gasteiger partial charge in [-0.2, -0.15) is 0 Å². The maximum atomic E-state index is 12.9. The van der Waals surface area contributed by atoms with Crippen LogP contribution in [-0.2, 0) is 4.79 Å². The summed E-state index contributed by atoms with van der Waals surface area (Å²) in [5, 5.41) is 5.94. The first-order chi connectivity index (χ1) is 8.16. The van der Waals surface area contributed by atoms with E-state index in [4.69, 9.17) is 11.6 Å². The molecule has 1 aromatic carbocycles. The number of piperidine rings is 1. The summed E-state index contributed by atoms with van der Waals surface area (Å²) in [5.74, 6) is -0.545. The summed E-state index contributed by atoms with van der Waals surface area (Å²) in [5.41, 5.74) is 0.534. The van der Waals surface area contributed by atoms with Crippen LogP contribution in [0, 0.1) is 11.7 Å². The van der Waals surface area contributed by atoms with Crippen LogP contribution < -0.4 is 10.6 Å². The van der Waals surface area contributed by atoms with Gasteiger partial charge in [-0.05, 0) is 37.6 Å². The van der Waals surface area contributed by atoms with Gasteiger partial charge in [0.1, 0.15) is 5.82 Å². The minimum absolute atomic E-state index is 0. The molecule has 2 N–H and O–H groups in total. The molecular formula is C12H15Cl2FN2O. The fourth-order valence-electron chi connectivity index (χ4n) is 1.89. The Balaban J connectivity index is 0.00000162. The van der Waals surface area contributed by atoms with Gasteiger partial charge in [0.2, 0.25) is 5.91 Å². The number of benzene rings is 1. The summed E-state index contributed by atoms with van der Waals surface area (Å²) in [6.07, 6.45) is 1.88. The van der Waals surface area contributed by atoms with Crippen molar-refractivity contribution in [3.8, 4) is 0 Å². The SMILES string of the molecule is Cl.O=C(Nc1ccc(F)c(Cl)c1)C1CCCNC1. The number of amides is 1. The van der Waals surface area contributed by atoms with Gasteiger partial charge in [0, 0.05) is 12.2 Å². The molecule has 1 aliphatic rings. The van der Waals surface area contributed by atoms with Crippen molar-refractivity contribution in [3.63, 3.8) is 0 Å². The molecule has 0 saturated carbocycles. The maximum absolute atomic E-state index is 12.9. The van der Waals surface area contributed by atoms with Crippen LogP contribution in [0.5, 0.6) is 0 Å². The molecule has 0 aromatic heterocycles. The predicted molar refractivity (Wildman–Crippen MR) is 72.9 cm³/mol. The monoisotopic (exact) mass is 292 g/mol. The maximum Gasteiger partial charge on any atom is 0.228 e. The van der Waals surface area contributed by atoms with Gasteiger partial charge < -0.3 is 10.6 Å². The molecule has 1 aromatic rings. The minimum atomic E-state index is -0.482. The highest BCUT2D eigenvalue weighted by Crippen LogP contribution is 2.20. The molecule has 18 heavy (non-hydrogen) atoms. The normalized spacial score (nSPS) is 18.9. The van der Waals surface area contributed by atoms with Crippen molar-refractivity contribution >= 4 is 35.6 Å². The molecule has 1 heterocycles. The van der Waals surface area contributed by atoms with E-state index in [0.717, 1.165) is 19.4 Å². The molecule has 0 aliphatic carbocycles. The number of nitrogens with one attached hydrogen (secondary N) is 2. The van der Waals surface area contributed by atoms with Crippen molar-refractivity contribution in [2.75, 3.05) is 18.4 Å². The lowest BCUT2D eigenvalue weighted by molar-refractivity contribution is -0.120. The molecule has 1 amide bonds. The molecule has 1 atom stereocenters. The van der Waals surface area contributed by atoms with Gasteiger partial charge in [-0.1, -0.05) is 11.6 Å². The Morgan fingerprint density at radius 1 is 1.50 bits per heavy atom. The van der Waals surface area contributed by atoms with E-state index in [1.165, 1.54) is 18.2 Å². The number of hydrogen-bond acceptors (Lipinski definition) is 2. The van der Waals surface area contributed by atoms with E-state index in [0.29, 0.717) is 12.2 Å². The van der Waals surface area contributed by atoms with Crippen LogP contribution in [0.1, 0.15) is 12.8 Å². The van der Waals surface area contributed by atoms with Crippen molar-refractivity contribution in [1.82, 2.24) is 5.32 Å². The molecule has 1 aliphatic heterocycles. The van der Waals surface area contributed by atoms with Gasteiger partial charge in [-0.3, -0.25) is 4.79 Å². The molecule has 1 saturated heterocycles. The van der Waals surface area contributed by atoms with E-state index in [2.05, 4.69) is 10.6 Å². The number of hydrogen-bond donors (Lipinski definition) is 2.